The number of aliphatic hydroxyl groups is 1. The highest BCUT2D eigenvalue weighted by Gasteiger charge is 2.23. The van der Waals surface area contributed by atoms with Crippen molar-refractivity contribution in [1.29, 1.82) is 0 Å². The highest BCUT2D eigenvalue weighted by Crippen LogP contribution is 2.24. The Labute approximate surface area is 102 Å². The van der Waals surface area contributed by atoms with Gasteiger partial charge in [0.05, 0.1) is 13.2 Å². The number of hydrogen-bond donors (Lipinski definition) is 1. The van der Waals surface area contributed by atoms with Gasteiger partial charge in [0.15, 0.2) is 0 Å². The molecule has 2 rings (SSSR count). The zero-order valence-electron chi connectivity index (χ0n) is 10.5. The van der Waals surface area contributed by atoms with Gasteiger partial charge in [-0.25, -0.2) is 9.67 Å². The fourth-order valence-electron chi connectivity index (χ4n) is 2.64. The second-order valence-electron chi connectivity index (χ2n) is 4.62. The molecule has 1 fully saturated rings. The Hall–Kier alpha value is -0.940. The topological polar surface area (TPSA) is 54.2 Å². The summed E-state index contributed by atoms with van der Waals surface area (Å²) in [4.78, 5) is 6.66. The lowest BCUT2D eigenvalue weighted by atomic mass is 10.2. The van der Waals surface area contributed by atoms with E-state index in [1.807, 2.05) is 4.68 Å². The Morgan fingerprint density at radius 2 is 2.24 bits per heavy atom. The third-order valence-electron chi connectivity index (χ3n) is 3.57. The van der Waals surface area contributed by atoms with E-state index >= 15 is 0 Å². The fraction of sp³-hybridized carbons (Fsp3) is 0.833. The van der Waals surface area contributed by atoms with Crippen molar-refractivity contribution in [3.63, 3.8) is 0 Å². The number of rotatable bonds is 6. The summed E-state index contributed by atoms with van der Waals surface area (Å²) in [6.07, 6.45) is 6.74. The number of nitrogens with zero attached hydrogens (tertiary/aromatic N) is 4. The van der Waals surface area contributed by atoms with Crippen LogP contribution in [0.4, 0.5) is 0 Å². The third kappa shape index (κ3) is 3.04. The van der Waals surface area contributed by atoms with Crippen LogP contribution in [-0.2, 0) is 13.1 Å². The number of hydrogen-bond acceptors (Lipinski definition) is 4. The first-order valence-corrected chi connectivity index (χ1v) is 6.56. The Morgan fingerprint density at radius 3 is 2.88 bits per heavy atom. The molecule has 17 heavy (non-hydrogen) atoms. The minimum absolute atomic E-state index is 0.219. The summed E-state index contributed by atoms with van der Waals surface area (Å²) in [5.74, 6) is 1.01. The smallest absolute Gasteiger partial charge is 0.141 e. The van der Waals surface area contributed by atoms with E-state index in [2.05, 4.69) is 21.9 Å². The zero-order valence-corrected chi connectivity index (χ0v) is 10.5. The van der Waals surface area contributed by atoms with Crippen LogP contribution in [0, 0.1) is 0 Å². The molecule has 0 saturated heterocycles. The van der Waals surface area contributed by atoms with Crippen LogP contribution in [0.1, 0.15) is 38.4 Å². The molecule has 0 atom stereocenters. The van der Waals surface area contributed by atoms with Gasteiger partial charge in [0, 0.05) is 19.1 Å². The summed E-state index contributed by atoms with van der Waals surface area (Å²) >= 11 is 0. The van der Waals surface area contributed by atoms with E-state index in [9.17, 15) is 0 Å². The molecule has 0 amide bonds. The molecule has 0 bridgehead atoms. The summed E-state index contributed by atoms with van der Waals surface area (Å²) in [6.45, 7) is 4.69. The fourth-order valence-corrected chi connectivity index (χ4v) is 2.64. The summed E-state index contributed by atoms with van der Waals surface area (Å²) in [7, 11) is 0. The summed E-state index contributed by atoms with van der Waals surface area (Å²) in [5, 5.41) is 13.4. The van der Waals surface area contributed by atoms with Crippen LogP contribution >= 0.6 is 0 Å². The van der Waals surface area contributed by atoms with Gasteiger partial charge < -0.3 is 5.11 Å². The quantitative estimate of drug-likeness (QED) is 0.804. The first-order chi connectivity index (χ1) is 8.35. The SMILES string of the molecule is CCn1ncnc1CN(CCO)C1CCCC1. The van der Waals surface area contributed by atoms with Crippen LogP contribution < -0.4 is 0 Å². The molecule has 1 aromatic rings. The average Bonchev–Trinajstić information content (AvgIpc) is 2.99. The second kappa shape index (κ2) is 6.12. The average molecular weight is 238 g/mol. The van der Waals surface area contributed by atoms with E-state index in [0.717, 1.165) is 25.5 Å². The number of aromatic nitrogens is 3. The van der Waals surface area contributed by atoms with Crippen molar-refractivity contribution in [2.75, 3.05) is 13.2 Å². The highest BCUT2D eigenvalue weighted by molar-refractivity contribution is 4.87. The predicted octanol–water partition coefficient (Wildman–Crippen LogP) is 1.03. The van der Waals surface area contributed by atoms with Crippen molar-refractivity contribution in [3.05, 3.63) is 12.2 Å². The van der Waals surface area contributed by atoms with Crippen molar-refractivity contribution in [2.24, 2.45) is 0 Å². The third-order valence-corrected chi connectivity index (χ3v) is 3.57. The van der Waals surface area contributed by atoms with Crippen molar-refractivity contribution in [3.8, 4) is 0 Å². The number of aryl methyl sites for hydroxylation is 1. The van der Waals surface area contributed by atoms with Gasteiger partial charge in [0.1, 0.15) is 12.2 Å². The first-order valence-electron chi connectivity index (χ1n) is 6.56. The normalized spacial score (nSPS) is 17.1. The van der Waals surface area contributed by atoms with Gasteiger partial charge in [-0.1, -0.05) is 12.8 Å². The molecule has 0 aliphatic heterocycles. The van der Waals surface area contributed by atoms with Gasteiger partial charge in [-0.3, -0.25) is 4.90 Å². The molecule has 96 valence electrons. The molecule has 0 unspecified atom stereocenters. The first kappa shape index (κ1) is 12.5. The Morgan fingerprint density at radius 1 is 1.47 bits per heavy atom. The maximum atomic E-state index is 9.17. The maximum Gasteiger partial charge on any atom is 0.141 e. The van der Waals surface area contributed by atoms with Crippen molar-refractivity contribution in [1.82, 2.24) is 19.7 Å². The summed E-state index contributed by atoms with van der Waals surface area (Å²) < 4.78 is 1.93. The van der Waals surface area contributed by atoms with Crippen LogP contribution in [0.5, 0.6) is 0 Å². The minimum Gasteiger partial charge on any atom is -0.395 e. The standard InChI is InChI=1S/C12H22N4O/c1-2-16-12(13-10-14-16)9-15(7-8-17)11-5-3-4-6-11/h10-11,17H,2-9H2,1H3. The summed E-state index contributed by atoms with van der Waals surface area (Å²) in [6, 6.07) is 0.615. The maximum absolute atomic E-state index is 9.17. The molecule has 0 aromatic carbocycles. The molecule has 1 aliphatic carbocycles. The van der Waals surface area contributed by atoms with Crippen molar-refractivity contribution >= 4 is 0 Å². The van der Waals surface area contributed by atoms with Gasteiger partial charge in [-0.15, -0.1) is 0 Å². The van der Waals surface area contributed by atoms with Gasteiger partial charge in [-0.2, -0.15) is 5.10 Å². The van der Waals surface area contributed by atoms with Gasteiger partial charge in [0.2, 0.25) is 0 Å². The lowest BCUT2D eigenvalue weighted by molar-refractivity contribution is 0.140. The molecular formula is C12H22N4O. The lowest BCUT2D eigenvalue weighted by Crippen LogP contribution is -2.36. The molecule has 1 N–H and O–H groups in total. The zero-order chi connectivity index (χ0) is 12.1. The van der Waals surface area contributed by atoms with Crippen LogP contribution in [0.15, 0.2) is 6.33 Å². The Bertz CT molecular complexity index is 333. The van der Waals surface area contributed by atoms with Crippen molar-refractivity contribution in [2.45, 2.75) is 51.7 Å². The molecule has 1 aliphatic rings. The van der Waals surface area contributed by atoms with Crippen LogP contribution in [-0.4, -0.2) is 44.0 Å². The second-order valence-corrected chi connectivity index (χ2v) is 4.62. The van der Waals surface area contributed by atoms with Gasteiger partial charge in [0.25, 0.3) is 0 Å². The van der Waals surface area contributed by atoms with Gasteiger partial charge >= 0.3 is 0 Å². The van der Waals surface area contributed by atoms with E-state index in [-0.39, 0.29) is 6.61 Å². The Balaban J connectivity index is 2.01. The number of aliphatic hydroxyl groups excluding tert-OH is 1. The molecule has 5 heteroatoms. The molecule has 1 saturated carbocycles. The van der Waals surface area contributed by atoms with E-state index < -0.39 is 0 Å². The monoisotopic (exact) mass is 238 g/mol. The largest absolute Gasteiger partial charge is 0.395 e. The predicted molar refractivity (Wildman–Crippen MR) is 65.4 cm³/mol. The lowest BCUT2D eigenvalue weighted by Gasteiger charge is -2.27. The molecule has 5 nitrogen and oxygen atoms in total. The van der Waals surface area contributed by atoms with E-state index in [1.54, 1.807) is 6.33 Å². The molecule has 1 aromatic heterocycles. The molecule has 0 radical (unpaired) electrons. The Kier molecular flexibility index (Phi) is 4.50. The van der Waals surface area contributed by atoms with Crippen molar-refractivity contribution < 1.29 is 5.11 Å². The van der Waals surface area contributed by atoms with E-state index in [1.165, 1.54) is 25.7 Å². The summed E-state index contributed by atoms with van der Waals surface area (Å²) in [5.41, 5.74) is 0. The molecule has 1 heterocycles. The van der Waals surface area contributed by atoms with Gasteiger partial charge in [-0.05, 0) is 19.8 Å². The van der Waals surface area contributed by atoms with E-state index in [4.69, 9.17) is 5.11 Å². The van der Waals surface area contributed by atoms with E-state index in [0.29, 0.717) is 6.04 Å². The van der Waals surface area contributed by atoms with Crippen LogP contribution in [0.3, 0.4) is 0 Å². The molecule has 0 spiro atoms. The molecular weight excluding hydrogens is 216 g/mol. The highest BCUT2D eigenvalue weighted by atomic mass is 16.3. The minimum atomic E-state index is 0.219. The van der Waals surface area contributed by atoms with Crippen LogP contribution in [0.2, 0.25) is 0 Å². The van der Waals surface area contributed by atoms with Crippen LogP contribution in [0.25, 0.3) is 0 Å².